The van der Waals surface area contributed by atoms with Gasteiger partial charge in [0.05, 0.1) is 12.7 Å². The van der Waals surface area contributed by atoms with Crippen molar-refractivity contribution in [2.75, 3.05) is 19.9 Å². The van der Waals surface area contributed by atoms with Gasteiger partial charge in [-0.1, -0.05) is 12.1 Å². The average Bonchev–Trinajstić information content (AvgIpc) is 2.55. The van der Waals surface area contributed by atoms with Crippen LogP contribution in [0.1, 0.15) is 15.9 Å². The Bertz CT molecular complexity index is 644. The van der Waals surface area contributed by atoms with E-state index in [-0.39, 0.29) is 11.7 Å². The first-order chi connectivity index (χ1) is 10.6. The number of carbonyl (C=O) groups excluding carboxylic acids is 1. The summed E-state index contributed by atoms with van der Waals surface area (Å²) in [5.74, 6) is 0.129. The lowest BCUT2D eigenvalue weighted by atomic mass is 10.1. The van der Waals surface area contributed by atoms with Crippen molar-refractivity contribution in [2.45, 2.75) is 11.3 Å². The van der Waals surface area contributed by atoms with Crippen molar-refractivity contribution >= 4 is 17.7 Å². The molecular formula is C17H18FNO2S. The molecule has 22 heavy (non-hydrogen) atoms. The Labute approximate surface area is 133 Å². The standard InChI is InChI=1S/C17H18FNO2S/c1-21-16-11-14(22-2)7-8-15(16)17(20)19-10-9-12-3-5-13(18)6-4-12/h3-8,11H,9-10H2,1-2H3,(H,19,20). The second kappa shape index (κ2) is 7.84. The molecule has 2 aromatic rings. The Balaban J connectivity index is 1.96. The number of ether oxygens (including phenoxy) is 1. The molecule has 0 saturated carbocycles. The minimum Gasteiger partial charge on any atom is -0.496 e. The van der Waals surface area contributed by atoms with E-state index in [9.17, 15) is 9.18 Å². The second-order valence-corrected chi connectivity index (χ2v) is 5.58. The number of hydrogen-bond acceptors (Lipinski definition) is 3. The molecule has 0 aliphatic heterocycles. The van der Waals surface area contributed by atoms with Crippen LogP contribution >= 0.6 is 11.8 Å². The van der Waals surface area contributed by atoms with Gasteiger partial charge in [-0.3, -0.25) is 4.79 Å². The molecule has 3 nitrogen and oxygen atoms in total. The zero-order chi connectivity index (χ0) is 15.9. The van der Waals surface area contributed by atoms with Crippen LogP contribution < -0.4 is 10.1 Å². The third-order valence-corrected chi connectivity index (χ3v) is 3.99. The Morgan fingerprint density at radius 1 is 1.23 bits per heavy atom. The molecule has 116 valence electrons. The van der Waals surface area contributed by atoms with E-state index in [1.807, 2.05) is 18.4 Å². The maximum Gasteiger partial charge on any atom is 0.255 e. The number of nitrogens with one attached hydrogen (secondary N) is 1. The van der Waals surface area contributed by atoms with E-state index in [0.717, 1.165) is 10.5 Å². The van der Waals surface area contributed by atoms with Crippen molar-refractivity contribution < 1.29 is 13.9 Å². The highest BCUT2D eigenvalue weighted by Crippen LogP contribution is 2.25. The van der Waals surface area contributed by atoms with E-state index < -0.39 is 0 Å². The molecule has 2 rings (SSSR count). The molecule has 0 fully saturated rings. The summed E-state index contributed by atoms with van der Waals surface area (Å²) < 4.78 is 18.1. The third kappa shape index (κ3) is 4.24. The number of methoxy groups -OCH3 is 1. The minimum atomic E-state index is -0.258. The highest BCUT2D eigenvalue weighted by atomic mass is 32.2. The molecule has 0 aromatic heterocycles. The molecule has 1 amide bonds. The molecule has 0 saturated heterocycles. The molecule has 0 aliphatic carbocycles. The van der Waals surface area contributed by atoms with Crippen molar-refractivity contribution in [2.24, 2.45) is 0 Å². The fourth-order valence-corrected chi connectivity index (χ4v) is 2.48. The summed E-state index contributed by atoms with van der Waals surface area (Å²) in [6, 6.07) is 11.8. The Kier molecular flexibility index (Phi) is 5.83. The number of amides is 1. The van der Waals surface area contributed by atoms with Gasteiger partial charge in [0.2, 0.25) is 0 Å². The van der Waals surface area contributed by atoms with Crippen LogP contribution in [0.2, 0.25) is 0 Å². The SMILES string of the molecule is COc1cc(SC)ccc1C(=O)NCCc1ccc(F)cc1. The van der Waals surface area contributed by atoms with Gasteiger partial charge in [0, 0.05) is 11.4 Å². The van der Waals surface area contributed by atoms with Crippen molar-refractivity contribution in [3.05, 3.63) is 59.4 Å². The van der Waals surface area contributed by atoms with Crippen LogP contribution in [-0.2, 0) is 6.42 Å². The van der Waals surface area contributed by atoms with Gasteiger partial charge in [0.25, 0.3) is 5.91 Å². The number of benzene rings is 2. The average molecular weight is 319 g/mol. The summed E-state index contributed by atoms with van der Waals surface area (Å²) in [5.41, 5.74) is 1.49. The first-order valence-corrected chi connectivity index (χ1v) is 8.11. The molecule has 0 bridgehead atoms. The summed E-state index contributed by atoms with van der Waals surface area (Å²) in [6.45, 7) is 0.484. The van der Waals surface area contributed by atoms with Crippen molar-refractivity contribution in [1.29, 1.82) is 0 Å². The number of carbonyl (C=O) groups is 1. The maximum atomic E-state index is 12.8. The molecule has 0 heterocycles. The predicted molar refractivity (Wildman–Crippen MR) is 87.2 cm³/mol. The quantitative estimate of drug-likeness (QED) is 0.828. The van der Waals surface area contributed by atoms with E-state index in [1.165, 1.54) is 12.1 Å². The van der Waals surface area contributed by atoms with Crippen LogP contribution in [0.15, 0.2) is 47.4 Å². The van der Waals surface area contributed by atoms with Crippen LogP contribution in [0, 0.1) is 5.82 Å². The minimum absolute atomic E-state index is 0.174. The Morgan fingerprint density at radius 3 is 2.59 bits per heavy atom. The lowest BCUT2D eigenvalue weighted by Gasteiger charge is -2.10. The van der Waals surface area contributed by atoms with Gasteiger partial charge in [0.1, 0.15) is 11.6 Å². The van der Waals surface area contributed by atoms with Gasteiger partial charge in [-0.15, -0.1) is 11.8 Å². The van der Waals surface area contributed by atoms with Gasteiger partial charge < -0.3 is 10.1 Å². The molecule has 0 radical (unpaired) electrons. The van der Waals surface area contributed by atoms with Crippen LogP contribution in [0.25, 0.3) is 0 Å². The smallest absolute Gasteiger partial charge is 0.255 e. The lowest BCUT2D eigenvalue weighted by molar-refractivity contribution is 0.0951. The van der Waals surface area contributed by atoms with Crippen LogP contribution in [0.4, 0.5) is 4.39 Å². The third-order valence-electron chi connectivity index (χ3n) is 3.27. The molecule has 0 unspecified atom stereocenters. The van der Waals surface area contributed by atoms with Gasteiger partial charge in [0.15, 0.2) is 0 Å². The highest BCUT2D eigenvalue weighted by molar-refractivity contribution is 7.98. The molecule has 5 heteroatoms. The van der Waals surface area contributed by atoms with Gasteiger partial charge in [-0.2, -0.15) is 0 Å². The summed E-state index contributed by atoms with van der Waals surface area (Å²) in [7, 11) is 1.55. The number of rotatable bonds is 6. The fraction of sp³-hybridized carbons (Fsp3) is 0.235. The first-order valence-electron chi connectivity index (χ1n) is 6.88. The highest BCUT2D eigenvalue weighted by Gasteiger charge is 2.12. The normalized spacial score (nSPS) is 10.3. The monoisotopic (exact) mass is 319 g/mol. The maximum absolute atomic E-state index is 12.8. The molecule has 0 spiro atoms. The van der Waals surface area contributed by atoms with Crippen LogP contribution in [-0.4, -0.2) is 25.8 Å². The number of thioether (sulfide) groups is 1. The largest absolute Gasteiger partial charge is 0.496 e. The van der Waals surface area contributed by atoms with E-state index in [4.69, 9.17) is 4.74 Å². The molecule has 2 aromatic carbocycles. The first kappa shape index (κ1) is 16.4. The van der Waals surface area contributed by atoms with E-state index in [0.29, 0.717) is 24.3 Å². The van der Waals surface area contributed by atoms with E-state index in [1.54, 1.807) is 37.1 Å². The second-order valence-electron chi connectivity index (χ2n) is 4.70. The topological polar surface area (TPSA) is 38.3 Å². The predicted octanol–water partition coefficient (Wildman–Crippen LogP) is 3.53. The van der Waals surface area contributed by atoms with Gasteiger partial charge >= 0.3 is 0 Å². The zero-order valence-electron chi connectivity index (χ0n) is 12.6. The summed E-state index contributed by atoms with van der Waals surface area (Å²) in [5, 5.41) is 2.85. The number of halogens is 1. The van der Waals surface area contributed by atoms with Crippen molar-refractivity contribution in [3.63, 3.8) is 0 Å². The van der Waals surface area contributed by atoms with Crippen LogP contribution in [0.3, 0.4) is 0 Å². The molecule has 0 atom stereocenters. The lowest BCUT2D eigenvalue weighted by Crippen LogP contribution is -2.26. The summed E-state index contributed by atoms with van der Waals surface area (Å²) in [6.07, 6.45) is 2.62. The summed E-state index contributed by atoms with van der Waals surface area (Å²) >= 11 is 1.59. The van der Waals surface area contributed by atoms with Gasteiger partial charge in [-0.05, 0) is 48.6 Å². The summed E-state index contributed by atoms with van der Waals surface area (Å²) in [4.78, 5) is 13.3. The van der Waals surface area contributed by atoms with E-state index >= 15 is 0 Å². The van der Waals surface area contributed by atoms with Gasteiger partial charge in [-0.25, -0.2) is 4.39 Å². The Hall–Kier alpha value is -2.01. The molecule has 0 aliphatic rings. The van der Waals surface area contributed by atoms with E-state index in [2.05, 4.69) is 5.32 Å². The van der Waals surface area contributed by atoms with Crippen molar-refractivity contribution in [3.8, 4) is 5.75 Å². The molecular weight excluding hydrogens is 301 g/mol. The Morgan fingerprint density at radius 2 is 1.95 bits per heavy atom. The fourth-order valence-electron chi connectivity index (χ4n) is 2.05. The number of hydrogen-bond donors (Lipinski definition) is 1. The van der Waals surface area contributed by atoms with Crippen LogP contribution in [0.5, 0.6) is 5.75 Å². The van der Waals surface area contributed by atoms with Crippen molar-refractivity contribution in [1.82, 2.24) is 5.32 Å². The molecule has 1 N–H and O–H groups in total. The zero-order valence-corrected chi connectivity index (χ0v) is 13.4.